The molecule has 2 aliphatic rings. The van der Waals surface area contributed by atoms with Crippen LogP contribution in [0.5, 0.6) is 0 Å². The highest BCUT2D eigenvalue weighted by molar-refractivity contribution is 5.74. The number of hydrogen-bond acceptors (Lipinski definition) is 4. The number of nitrogens with zero attached hydrogens (tertiary/aromatic N) is 3. The van der Waals surface area contributed by atoms with Gasteiger partial charge in [-0.2, -0.15) is 0 Å². The Morgan fingerprint density at radius 2 is 1.43 bits per heavy atom. The summed E-state index contributed by atoms with van der Waals surface area (Å²) in [6.45, 7) is 5.31. The molecule has 0 amide bonds. The van der Waals surface area contributed by atoms with Crippen molar-refractivity contribution in [3.8, 4) is 0 Å². The molecule has 5 heteroatoms. The van der Waals surface area contributed by atoms with Gasteiger partial charge in [0.05, 0.1) is 23.9 Å². The Balaban J connectivity index is 1.01. The molecule has 0 aromatic carbocycles. The van der Waals surface area contributed by atoms with Gasteiger partial charge >= 0.3 is 0 Å². The number of rotatable bonds is 17. The van der Waals surface area contributed by atoms with Gasteiger partial charge in [-0.05, 0) is 38.7 Å². The fourth-order valence-electron chi connectivity index (χ4n) is 6.16. The number of fused-ring (bicyclic) bond motifs is 2. The summed E-state index contributed by atoms with van der Waals surface area (Å²) in [5, 5.41) is 0. The van der Waals surface area contributed by atoms with Gasteiger partial charge in [0.1, 0.15) is 11.3 Å². The van der Waals surface area contributed by atoms with Crippen molar-refractivity contribution in [3.05, 3.63) is 24.3 Å². The van der Waals surface area contributed by atoms with Crippen LogP contribution in [0.2, 0.25) is 0 Å². The van der Waals surface area contributed by atoms with Gasteiger partial charge in [0.15, 0.2) is 6.29 Å². The van der Waals surface area contributed by atoms with Crippen LogP contribution in [0.3, 0.4) is 0 Å². The van der Waals surface area contributed by atoms with Crippen LogP contribution in [0, 0.1) is 12.8 Å². The standard InChI is InChI=1S/C30H49N3O2/c1-3-4-5-6-7-8-9-10-11-12-13-14-15-16-26-21-25-22-27(35-30(25)34-26)18-20-33-24(2)32-28-23-31-19-17-29(28)33/h17,19,23,25-27,30H,3-16,18,20-22H2,1-2H3. The Bertz CT molecular complexity index is 852. The predicted octanol–water partition coefficient (Wildman–Crippen LogP) is 8.13. The normalized spacial score (nSPS) is 23.9. The van der Waals surface area contributed by atoms with Crippen LogP contribution < -0.4 is 0 Å². The molecule has 4 atom stereocenters. The summed E-state index contributed by atoms with van der Waals surface area (Å²) in [7, 11) is 0. The third-order valence-corrected chi connectivity index (χ3v) is 8.22. The number of ether oxygens (including phenoxy) is 2. The van der Waals surface area contributed by atoms with Crippen molar-refractivity contribution in [2.24, 2.45) is 5.92 Å². The summed E-state index contributed by atoms with van der Waals surface area (Å²) in [6.07, 6.45) is 27.4. The van der Waals surface area contributed by atoms with E-state index in [-0.39, 0.29) is 6.29 Å². The van der Waals surface area contributed by atoms with Crippen molar-refractivity contribution in [2.45, 2.75) is 148 Å². The monoisotopic (exact) mass is 483 g/mol. The SMILES string of the molecule is CCCCCCCCCCCCCCCC1CC2CC(CCn3c(C)nc4cnccc43)OC2O1. The van der Waals surface area contributed by atoms with Gasteiger partial charge in [-0.25, -0.2) is 4.98 Å². The Hall–Kier alpha value is -1.46. The maximum atomic E-state index is 6.32. The van der Waals surface area contributed by atoms with E-state index in [9.17, 15) is 0 Å². The zero-order chi connectivity index (χ0) is 24.3. The molecule has 2 aromatic heterocycles. The summed E-state index contributed by atoms with van der Waals surface area (Å²) in [5.41, 5.74) is 2.15. The summed E-state index contributed by atoms with van der Waals surface area (Å²) in [4.78, 5) is 8.83. The lowest BCUT2D eigenvalue weighted by atomic mass is 9.96. The Labute approximate surface area is 213 Å². The zero-order valence-corrected chi connectivity index (χ0v) is 22.4. The average molecular weight is 484 g/mol. The molecular weight excluding hydrogens is 434 g/mol. The van der Waals surface area contributed by atoms with Gasteiger partial charge in [0.25, 0.3) is 0 Å². The number of aryl methyl sites for hydroxylation is 2. The minimum absolute atomic E-state index is 0.0387. The first-order valence-electron chi connectivity index (χ1n) is 14.8. The minimum Gasteiger partial charge on any atom is -0.349 e. The van der Waals surface area contributed by atoms with Gasteiger partial charge in [-0.1, -0.05) is 90.4 Å². The molecule has 2 aromatic rings. The molecule has 35 heavy (non-hydrogen) atoms. The minimum atomic E-state index is 0.0387. The molecule has 4 rings (SSSR count). The summed E-state index contributed by atoms with van der Waals surface area (Å²) in [5.74, 6) is 1.65. The summed E-state index contributed by atoms with van der Waals surface area (Å²) >= 11 is 0. The van der Waals surface area contributed by atoms with E-state index in [1.54, 1.807) is 0 Å². The van der Waals surface area contributed by atoms with Crippen LogP contribution in [0.1, 0.15) is 122 Å². The van der Waals surface area contributed by atoms with Gasteiger partial charge in [0, 0.05) is 18.7 Å². The van der Waals surface area contributed by atoms with Gasteiger partial charge < -0.3 is 14.0 Å². The lowest BCUT2D eigenvalue weighted by molar-refractivity contribution is -0.141. The van der Waals surface area contributed by atoms with Crippen LogP contribution in [0.15, 0.2) is 18.5 Å². The Morgan fingerprint density at radius 3 is 2.06 bits per heavy atom. The lowest BCUT2D eigenvalue weighted by Gasteiger charge is -2.17. The molecule has 4 heterocycles. The van der Waals surface area contributed by atoms with E-state index >= 15 is 0 Å². The molecule has 0 radical (unpaired) electrons. The van der Waals surface area contributed by atoms with E-state index in [1.807, 2.05) is 12.4 Å². The van der Waals surface area contributed by atoms with Crippen molar-refractivity contribution in [3.63, 3.8) is 0 Å². The first-order valence-corrected chi connectivity index (χ1v) is 14.8. The number of unbranched alkanes of at least 4 members (excludes halogenated alkanes) is 12. The summed E-state index contributed by atoms with van der Waals surface area (Å²) in [6, 6.07) is 2.06. The maximum Gasteiger partial charge on any atom is 0.161 e. The third kappa shape index (κ3) is 8.01. The number of aromatic nitrogens is 3. The fraction of sp³-hybridized carbons (Fsp3) is 0.800. The Morgan fingerprint density at radius 1 is 0.829 bits per heavy atom. The van der Waals surface area contributed by atoms with Crippen LogP contribution in [-0.2, 0) is 16.0 Å². The van der Waals surface area contributed by atoms with Gasteiger partial charge in [-0.15, -0.1) is 0 Å². The van der Waals surface area contributed by atoms with Crippen molar-refractivity contribution >= 4 is 11.0 Å². The summed E-state index contributed by atoms with van der Waals surface area (Å²) < 4.78 is 14.9. The van der Waals surface area contributed by atoms with Crippen molar-refractivity contribution in [1.29, 1.82) is 0 Å². The quantitative estimate of drug-likeness (QED) is 0.213. The van der Waals surface area contributed by atoms with Crippen LogP contribution >= 0.6 is 0 Å². The second-order valence-corrected chi connectivity index (χ2v) is 11.1. The fourth-order valence-corrected chi connectivity index (χ4v) is 6.16. The van der Waals surface area contributed by atoms with Crippen molar-refractivity contribution in [2.75, 3.05) is 0 Å². The molecule has 0 saturated carbocycles. The average Bonchev–Trinajstić information content (AvgIpc) is 3.51. The van der Waals surface area contributed by atoms with Crippen LogP contribution in [-0.4, -0.2) is 33.0 Å². The van der Waals surface area contributed by atoms with E-state index in [0.29, 0.717) is 18.1 Å². The van der Waals surface area contributed by atoms with Crippen LogP contribution in [0.25, 0.3) is 11.0 Å². The molecule has 2 saturated heterocycles. The molecular formula is C30H49N3O2. The Kier molecular flexibility index (Phi) is 10.9. The van der Waals surface area contributed by atoms with Crippen molar-refractivity contribution in [1.82, 2.24) is 14.5 Å². The maximum absolute atomic E-state index is 6.32. The number of hydrogen-bond donors (Lipinski definition) is 0. The van der Waals surface area contributed by atoms with E-state index in [2.05, 4.69) is 34.4 Å². The number of pyridine rings is 1. The molecule has 4 unspecified atom stereocenters. The molecule has 0 N–H and O–H groups in total. The highest BCUT2D eigenvalue weighted by Gasteiger charge is 2.43. The highest BCUT2D eigenvalue weighted by atomic mass is 16.7. The highest BCUT2D eigenvalue weighted by Crippen LogP contribution is 2.40. The first-order chi connectivity index (χ1) is 17.2. The van der Waals surface area contributed by atoms with E-state index in [0.717, 1.165) is 30.7 Å². The van der Waals surface area contributed by atoms with Gasteiger partial charge in [0.2, 0.25) is 0 Å². The smallest absolute Gasteiger partial charge is 0.161 e. The van der Waals surface area contributed by atoms with Gasteiger partial charge in [-0.3, -0.25) is 4.98 Å². The first kappa shape index (κ1) is 26.6. The number of imidazole rings is 1. The molecule has 196 valence electrons. The van der Waals surface area contributed by atoms with E-state index in [4.69, 9.17) is 9.47 Å². The van der Waals surface area contributed by atoms with E-state index < -0.39 is 0 Å². The van der Waals surface area contributed by atoms with Crippen LogP contribution in [0.4, 0.5) is 0 Å². The third-order valence-electron chi connectivity index (χ3n) is 8.22. The predicted molar refractivity (Wildman–Crippen MR) is 143 cm³/mol. The van der Waals surface area contributed by atoms with E-state index in [1.165, 1.54) is 102 Å². The topological polar surface area (TPSA) is 49.2 Å². The molecule has 2 fully saturated rings. The molecule has 5 nitrogen and oxygen atoms in total. The second-order valence-electron chi connectivity index (χ2n) is 11.1. The molecule has 0 aliphatic carbocycles. The van der Waals surface area contributed by atoms with Crippen molar-refractivity contribution < 1.29 is 9.47 Å². The second kappa shape index (κ2) is 14.3. The molecule has 0 spiro atoms. The molecule has 0 bridgehead atoms. The largest absolute Gasteiger partial charge is 0.349 e. The zero-order valence-electron chi connectivity index (χ0n) is 22.4. The lowest BCUT2D eigenvalue weighted by Crippen LogP contribution is -2.18. The molecule has 2 aliphatic heterocycles.